The SMILES string of the molecule is Cc1nc(C)c(C(C)N(C)C(=O)C2CC23CCNCC3)s1.Cl.Cl. The number of nitrogens with zero attached hydrogens (tertiary/aromatic N) is 2. The number of thiazole rings is 1. The maximum atomic E-state index is 12.8. The molecule has 1 saturated carbocycles. The van der Waals surface area contributed by atoms with Crippen molar-refractivity contribution < 1.29 is 4.79 Å². The zero-order valence-corrected chi connectivity index (χ0v) is 16.7. The summed E-state index contributed by atoms with van der Waals surface area (Å²) in [5.41, 5.74) is 1.38. The number of amides is 1. The summed E-state index contributed by atoms with van der Waals surface area (Å²) in [5, 5.41) is 4.48. The van der Waals surface area contributed by atoms with Gasteiger partial charge in [-0.05, 0) is 58.5 Å². The second kappa shape index (κ2) is 7.68. The Morgan fingerprint density at radius 3 is 2.48 bits per heavy atom. The average Bonchev–Trinajstić information content (AvgIpc) is 3.04. The van der Waals surface area contributed by atoms with E-state index in [9.17, 15) is 4.79 Å². The van der Waals surface area contributed by atoms with Crippen LogP contribution < -0.4 is 5.32 Å². The molecule has 1 spiro atoms. The highest BCUT2D eigenvalue weighted by Crippen LogP contribution is 2.59. The number of carbonyl (C=O) groups excluding carboxylic acids is 1. The molecule has 1 N–H and O–H groups in total. The van der Waals surface area contributed by atoms with Crippen LogP contribution in [0.5, 0.6) is 0 Å². The molecule has 2 heterocycles. The molecule has 132 valence electrons. The topological polar surface area (TPSA) is 45.2 Å². The van der Waals surface area contributed by atoms with Gasteiger partial charge < -0.3 is 10.2 Å². The Balaban J connectivity index is 0.00000132. The summed E-state index contributed by atoms with van der Waals surface area (Å²) in [4.78, 5) is 20.5. The van der Waals surface area contributed by atoms with Crippen molar-refractivity contribution in [3.63, 3.8) is 0 Å². The molecule has 2 fully saturated rings. The summed E-state index contributed by atoms with van der Waals surface area (Å²) in [6, 6.07) is 0.128. The minimum Gasteiger partial charge on any atom is -0.338 e. The largest absolute Gasteiger partial charge is 0.338 e. The van der Waals surface area contributed by atoms with E-state index in [0.717, 1.165) is 43.1 Å². The molecule has 1 aliphatic heterocycles. The summed E-state index contributed by atoms with van der Waals surface area (Å²) in [6.07, 6.45) is 3.40. The van der Waals surface area contributed by atoms with Crippen LogP contribution in [0.2, 0.25) is 0 Å². The molecule has 2 unspecified atom stereocenters. The van der Waals surface area contributed by atoms with Crippen LogP contribution in [0, 0.1) is 25.2 Å². The van der Waals surface area contributed by atoms with Crippen molar-refractivity contribution in [2.75, 3.05) is 20.1 Å². The fourth-order valence-electron chi connectivity index (χ4n) is 3.72. The lowest BCUT2D eigenvalue weighted by Crippen LogP contribution is -2.35. The minimum atomic E-state index is 0. The van der Waals surface area contributed by atoms with Gasteiger partial charge in [-0.2, -0.15) is 0 Å². The highest BCUT2D eigenvalue weighted by molar-refractivity contribution is 7.11. The molecular weight excluding hydrogens is 353 g/mol. The molecule has 1 saturated heterocycles. The third kappa shape index (κ3) is 3.84. The monoisotopic (exact) mass is 379 g/mol. The molecule has 1 aromatic rings. The van der Waals surface area contributed by atoms with Gasteiger partial charge in [-0.3, -0.25) is 4.79 Å². The van der Waals surface area contributed by atoms with E-state index >= 15 is 0 Å². The first-order chi connectivity index (χ1) is 9.94. The lowest BCUT2D eigenvalue weighted by molar-refractivity contribution is -0.134. The van der Waals surface area contributed by atoms with Gasteiger partial charge in [0.15, 0.2) is 0 Å². The lowest BCUT2D eigenvalue weighted by Gasteiger charge is -2.28. The van der Waals surface area contributed by atoms with Crippen molar-refractivity contribution >= 4 is 42.1 Å². The van der Waals surface area contributed by atoms with E-state index < -0.39 is 0 Å². The van der Waals surface area contributed by atoms with Crippen LogP contribution in [0.1, 0.15) is 47.8 Å². The fourth-order valence-corrected chi connectivity index (χ4v) is 4.74. The highest BCUT2D eigenvalue weighted by Gasteiger charge is 2.58. The predicted octanol–water partition coefficient (Wildman–Crippen LogP) is 3.51. The zero-order chi connectivity index (χ0) is 15.2. The van der Waals surface area contributed by atoms with Crippen LogP contribution in [0.15, 0.2) is 0 Å². The van der Waals surface area contributed by atoms with Gasteiger partial charge in [-0.15, -0.1) is 36.2 Å². The maximum absolute atomic E-state index is 12.8. The molecular formula is C16H27Cl2N3OS. The van der Waals surface area contributed by atoms with Crippen LogP contribution in [-0.2, 0) is 4.79 Å². The number of halogens is 2. The quantitative estimate of drug-likeness (QED) is 0.873. The Morgan fingerprint density at radius 1 is 1.35 bits per heavy atom. The van der Waals surface area contributed by atoms with Crippen LogP contribution in [0.3, 0.4) is 0 Å². The van der Waals surface area contributed by atoms with E-state index in [-0.39, 0.29) is 36.8 Å². The summed E-state index contributed by atoms with van der Waals surface area (Å²) in [6.45, 7) is 8.32. The van der Waals surface area contributed by atoms with E-state index in [2.05, 4.69) is 17.2 Å². The van der Waals surface area contributed by atoms with Gasteiger partial charge in [-0.25, -0.2) is 4.98 Å². The first-order valence-corrected chi connectivity index (χ1v) is 8.67. The fraction of sp³-hybridized carbons (Fsp3) is 0.750. The Bertz CT molecular complexity index is 558. The van der Waals surface area contributed by atoms with Gasteiger partial charge in [0, 0.05) is 17.8 Å². The number of aryl methyl sites for hydroxylation is 2. The normalized spacial score (nSPS) is 22.7. The number of rotatable bonds is 3. The minimum absolute atomic E-state index is 0. The molecule has 0 bridgehead atoms. The number of hydrogen-bond acceptors (Lipinski definition) is 4. The number of carbonyl (C=O) groups is 1. The van der Waals surface area contributed by atoms with Gasteiger partial charge in [0.25, 0.3) is 0 Å². The summed E-state index contributed by atoms with van der Waals surface area (Å²) in [5.74, 6) is 0.580. The Kier molecular flexibility index (Phi) is 6.91. The zero-order valence-electron chi connectivity index (χ0n) is 14.2. The van der Waals surface area contributed by atoms with E-state index in [0.29, 0.717) is 11.3 Å². The van der Waals surface area contributed by atoms with Gasteiger partial charge in [-0.1, -0.05) is 0 Å². The van der Waals surface area contributed by atoms with Crippen LogP contribution >= 0.6 is 36.2 Å². The maximum Gasteiger partial charge on any atom is 0.226 e. The standard InChI is InChI=1S/C16H25N3OS.2ClH/c1-10-14(21-12(3)18-10)11(2)19(4)15(20)13-9-16(13)5-7-17-8-6-16;;/h11,13,17H,5-9H2,1-4H3;2*1H. The molecule has 4 nitrogen and oxygen atoms in total. The molecule has 23 heavy (non-hydrogen) atoms. The third-order valence-corrected chi connectivity index (χ3v) is 6.58. The van der Waals surface area contributed by atoms with Gasteiger partial charge in [0.05, 0.1) is 16.7 Å². The molecule has 1 aromatic heterocycles. The summed E-state index contributed by atoms with van der Waals surface area (Å²) in [7, 11) is 1.95. The molecule has 0 aromatic carbocycles. The predicted molar refractivity (Wildman–Crippen MR) is 99.9 cm³/mol. The van der Waals surface area contributed by atoms with E-state index in [4.69, 9.17) is 0 Å². The van der Waals surface area contributed by atoms with Gasteiger partial charge in [0.1, 0.15) is 0 Å². The average molecular weight is 380 g/mol. The van der Waals surface area contributed by atoms with Crippen molar-refractivity contribution in [1.29, 1.82) is 0 Å². The summed E-state index contributed by atoms with van der Waals surface area (Å²) >= 11 is 1.71. The molecule has 2 atom stereocenters. The Morgan fingerprint density at radius 2 is 1.96 bits per heavy atom. The lowest BCUT2D eigenvalue weighted by atomic mass is 9.91. The summed E-state index contributed by atoms with van der Waals surface area (Å²) < 4.78 is 0. The Hall–Kier alpha value is -0.360. The first kappa shape index (κ1) is 20.7. The van der Waals surface area contributed by atoms with E-state index in [1.165, 1.54) is 4.88 Å². The van der Waals surface area contributed by atoms with Crippen molar-refractivity contribution in [3.8, 4) is 0 Å². The number of aromatic nitrogens is 1. The van der Waals surface area contributed by atoms with Crippen LogP contribution in [0.25, 0.3) is 0 Å². The number of nitrogens with one attached hydrogen (secondary N) is 1. The van der Waals surface area contributed by atoms with Crippen LogP contribution in [0.4, 0.5) is 0 Å². The van der Waals surface area contributed by atoms with Crippen LogP contribution in [-0.4, -0.2) is 35.9 Å². The molecule has 1 aliphatic carbocycles. The van der Waals surface area contributed by atoms with E-state index in [1.54, 1.807) is 11.3 Å². The third-order valence-electron chi connectivity index (χ3n) is 5.33. The van der Waals surface area contributed by atoms with Crippen molar-refractivity contribution in [2.24, 2.45) is 11.3 Å². The van der Waals surface area contributed by atoms with Crippen molar-refractivity contribution in [1.82, 2.24) is 15.2 Å². The molecule has 7 heteroatoms. The second-order valence-electron chi connectivity index (χ2n) is 6.68. The number of hydrogen-bond donors (Lipinski definition) is 1. The highest BCUT2D eigenvalue weighted by atomic mass is 35.5. The molecule has 1 amide bonds. The van der Waals surface area contributed by atoms with Crippen molar-refractivity contribution in [2.45, 2.75) is 46.1 Å². The second-order valence-corrected chi connectivity index (χ2v) is 7.91. The number of piperidine rings is 1. The van der Waals surface area contributed by atoms with Gasteiger partial charge >= 0.3 is 0 Å². The Labute approximate surface area is 155 Å². The first-order valence-electron chi connectivity index (χ1n) is 7.86. The molecule has 2 aliphatic rings. The van der Waals surface area contributed by atoms with Crippen molar-refractivity contribution in [3.05, 3.63) is 15.6 Å². The van der Waals surface area contributed by atoms with E-state index in [1.807, 2.05) is 25.8 Å². The smallest absolute Gasteiger partial charge is 0.226 e. The molecule has 3 rings (SSSR count). The van der Waals surface area contributed by atoms with Gasteiger partial charge in [0.2, 0.25) is 5.91 Å². The molecule has 0 radical (unpaired) electrons.